The van der Waals surface area contributed by atoms with Gasteiger partial charge in [-0.25, -0.2) is 0 Å². The second kappa shape index (κ2) is 7.17. The normalized spacial score (nSPS) is 11.1. The molecule has 0 aliphatic heterocycles. The smallest absolute Gasteiger partial charge is 0.387 e. The van der Waals surface area contributed by atoms with E-state index in [1.807, 2.05) is 0 Å². The summed E-state index contributed by atoms with van der Waals surface area (Å²) in [4.78, 5) is 12.0. The number of aromatic hydroxyl groups is 1. The Hall–Kier alpha value is -2.21. The molecule has 0 fully saturated rings. The van der Waals surface area contributed by atoms with Crippen LogP contribution in [0.4, 0.5) is 8.78 Å². The number of halogens is 3. The number of rotatable bonds is 5. The maximum atomic E-state index is 12.0. The van der Waals surface area contributed by atoms with Gasteiger partial charge in [-0.3, -0.25) is 4.79 Å². The molecule has 0 heterocycles. The van der Waals surface area contributed by atoms with Gasteiger partial charge in [-0.1, -0.05) is 15.9 Å². The number of carbonyl (C=O) groups excluding carboxylic acids is 1. The summed E-state index contributed by atoms with van der Waals surface area (Å²) in [5, 5.41) is 9.67. The molecule has 0 saturated heterocycles. The first kappa shape index (κ1) is 16.2. The molecule has 22 heavy (non-hydrogen) atoms. The number of hydrogen-bond acceptors (Lipinski definition) is 3. The predicted molar refractivity (Wildman–Crippen MR) is 82.2 cm³/mol. The number of allylic oxidation sites excluding steroid dienone is 1. The molecule has 0 aliphatic rings. The summed E-state index contributed by atoms with van der Waals surface area (Å²) in [5.41, 5.74) is 0.813. The first-order valence-electron chi connectivity index (χ1n) is 6.21. The average Bonchev–Trinajstić information content (AvgIpc) is 2.48. The quantitative estimate of drug-likeness (QED) is 0.616. The molecule has 114 valence electrons. The van der Waals surface area contributed by atoms with Crippen LogP contribution in [0.5, 0.6) is 11.5 Å². The lowest BCUT2D eigenvalue weighted by Crippen LogP contribution is -2.02. The van der Waals surface area contributed by atoms with Crippen molar-refractivity contribution in [3.63, 3.8) is 0 Å². The minimum Gasteiger partial charge on any atom is -0.507 e. The summed E-state index contributed by atoms with van der Waals surface area (Å²) >= 11 is 3.27. The van der Waals surface area contributed by atoms with Crippen LogP contribution in [0.3, 0.4) is 0 Å². The van der Waals surface area contributed by atoms with Crippen LogP contribution < -0.4 is 4.74 Å². The predicted octanol–water partition coefficient (Wildman–Crippen LogP) is 4.65. The van der Waals surface area contributed by atoms with Gasteiger partial charge in [0.25, 0.3) is 0 Å². The molecule has 3 nitrogen and oxygen atoms in total. The Labute approximate surface area is 134 Å². The highest BCUT2D eigenvalue weighted by Crippen LogP contribution is 2.23. The van der Waals surface area contributed by atoms with Crippen molar-refractivity contribution in [3.05, 3.63) is 64.1 Å². The van der Waals surface area contributed by atoms with Crippen LogP contribution in [-0.2, 0) is 0 Å². The van der Waals surface area contributed by atoms with E-state index in [2.05, 4.69) is 20.7 Å². The van der Waals surface area contributed by atoms with E-state index in [0.29, 0.717) is 11.1 Å². The molecular formula is C16H11BrF2O3. The van der Waals surface area contributed by atoms with Crippen molar-refractivity contribution >= 4 is 27.8 Å². The van der Waals surface area contributed by atoms with Gasteiger partial charge in [0.15, 0.2) is 5.78 Å². The van der Waals surface area contributed by atoms with E-state index in [4.69, 9.17) is 0 Å². The number of ketones is 1. The summed E-state index contributed by atoms with van der Waals surface area (Å²) in [6.45, 7) is -2.90. The number of ether oxygens (including phenoxy) is 1. The summed E-state index contributed by atoms with van der Waals surface area (Å²) in [6.07, 6.45) is 2.77. The van der Waals surface area contributed by atoms with E-state index in [-0.39, 0.29) is 17.3 Å². The van der Waals surface area contributed by atoms with E-state index >= 15 is 0 Å². The molecule has 0 aromatic heterocycles. The van der Waals surface area contributed by atoms with Crippen molar-refractivity contribution in [2.24, 2.45) is 0 Å². The molecule has 2 rings (SSSR count). The van der Waals surface area contributed by atoms with Crippen LogP contribution in [0.15, 0.2) is 53.0 Å². The van der Waals surface area contributed by atoms with Gasteiger partial charge in [-0.15, -0.1) is 0 Å². The Bertz CT molecular complexity index is 697. The molecule has 0 amide bonds. The molecule has 0 unspecified atom stereocenters. The molecule has 0 radical (unpaired) electrons. The standard InChI is InChI=1S/C16H11BrF2O3/c17-12-4-8-15(21)11(9-12)3-7-14(20)10-1-5-13(6-2-10)22-16(18)19/h1-9,16,21H. The molecule has 6 heteroatoms. The monoisotopic (exact) mass is 368 g/mol. The number of phenolic OH excluding ortho intramolecular Hbond substituents is 1. The van der Waals surface area contributed by atoms with Gasteiger partial charge in [0.2, 0.25) is 0 Å². The minimum absolute atomic E-state index is 0.0137. The maximum absolute atomic E-state index is 12.0. The van der Waals surface area contributed by atoms with Crippen LogP contribution in [0, 0.1) is 0 Å². The van der Waals surface area contributed by atoms with E-state index in [1.165, 1.54) is 42.5 Å². The Morgan fingerprint density at radius 3 is 2.50 bits per heavy atom. The second-order valence-electron chi connectivity index (χ2n) is 4.30. The van der Waals surface area contributed by atoms with Gasteiger partial charge in [0.05, 0.1) is 0 Å². The van der Waals surface area contributed by atoms with Crippen molar-refractivity contribution in [2.75, 3.05) is 0 Å². The summed E-state index contributed by atoms with van der Waals surface area (Å²) in [7, 11) is 0. The van der Waals surface area contributed by atoms with Crippen molar-refractivity contribution in [1.82, 2.24) is 0 Å². The van der Waals surface area contributed by atoms with Crippen LogP contribution in [-0.4, -0.2) is 17.5 Å². The summed E-state index contributed by atoms with van der Waals surface area (Å²) in [5.74, 6) is -0.281. The zero-order valence-corrected chi connectivity index (χ0v) is 12.8. The van der Waals surface area contributed by atoms with Gasteiger partial charge in [-0.2, -0.15) is 8.78 Å². The fraction of sp³-hybridized carbons (Fsp3) is 0.0625. The summed E-state index contributed by atoms with van der Waals surface area (Å²) < 4.78 is 29.0. The molecule has 2 aromatic rings. The highest BCUT2D eigenvalue weighted by atomic mass is 79.9. The zero-order valence-electron chi connectivity index (χ0n) is 11.2. The second-order valence-corrected chi connectivity index (χ2v) is 5.22. The molecule has 0 atom stereocenters. The number of hydrogen-bond donors (Lipinski definition) is 1. The zero-order chi connectivity index (χ0) is 16.1. The maximum Gasteiger partial charge on any atom is 0.387 e. The molecule has 0 spiro atoms. The van der Waals surface area contributed by atoms with Gasteiger partial charge in [0.1, 0.15) is 11.5 Å². The number of carbonyl (C=O) groups is 1. The molecule has 1 N–H and O–H groups in total. The Balaban J connectivity index is 2.11. The molecular weight excluding hydrogens is 358 g/mol. The highest BCUT2D eigenvalue weighted by Gasteiger charge is 2.06. The van der Waals surface area contributed by atoms with E-state index in [9.17, 15) is 18.7 Å². The van der Waals surface area contributed by atoms with Gasteiger partial charge < -0.3 is 9.84 Å². The van der Waals surface area contributed by atoms with Gasteiger partial charge >= 0.3 is 6.61 Å². The van der Waals surface area contributed by atoms with Crippen LogP contribution in [0.25, 0.3) is 6.08 Å². The number of phenols is 1. The fourth-order valence-corrected chi connectivity index (χ4v) is 2.10. The lowest BCUT2D eigenvalue weighted by Gasteiger charge is -2.04. The van der Waals surface area contributed by atoms with Crippen LogP contribution in [0.1, 0.15) is 15.9 Å². The third-order valence-electron chi connectivity index (χ3n) is 2.77. The van der Waals surface area contributed by atoms with Gasteiger partial charge in [0, 0.05) is 15.6 Å². The topological polar surface area (TPSA) is 46.5 Å². The van der Waals surface area contributed by atoms with Crippen molar-refractivity contribution < 1.29 is 23.4 Å². The molecule has 2 aromatic carbocycles. The van der Waals surface area contributed by atoms with Crippen molar-refractivity contribution in [3.8, 4) is 11.5 Å². The number of alkyl halides is 2. The third-order valence-corrected chi connectivity index (χ3v) is 3.26. The SMILES string of the molecule is O=C(C=Cc1cc(Br)ccc1O)c1ccc(OC(F)F)cc1. The van der Waals surface area contributed by atoms with Crippen molar-refractivity contribution in [1.29, 1.82) is 0 Å². The van der Waals surface area contributed by atoms with E-state index in [0.717, 1.165) is 4.47 Å². The molecule has 0 aliphatic carbocycles. The molecule has 0 bridgehead atoms. The van der Waals surface area contributed by atoms with Gasteiger partial charge in [-0.05, 0) is 54.6 Å². The molecule has 0 saturated carbocycles. The first-order valence-corrected chi connectivity index (χ1v) is 7.01. The Morgan fingerprint density at radius 2 is 1.86 bits per heavy atom. The minimum atomic E-state index is -2.90. The van der Waals surface area contributed by atoms with Crippen LogP contribution in [0.2, 0.25) is 0 Å². The lowest BCUT2D eigenvalue weighted by atomic mass is 10.1. The first-order chi connectivity index (χ1) is 10.5. The largest absolute Gasteiger partial charge is 0.507 e. The lowest BCUT2D eigenvalue weighted by molar-refractivity contribution is -0.0498. The fourth-order valence-electron chi connectivity index (χ4n) is 1.72. The number of benzene rings is 2. The average molecular weight is 369 g/mol. The third kappa shape index (κ3) is 4.39. The van der Waals surface area contributed by atoms with E-state index < -0.39 is 6.61 Å². The Kier molecular flexibility index (Phi) is 5.27. The van der Waals surface area contributed by atoms with Crippen LogP contribution >= 0.6 is 15.9 Å². The van der Waals surface area contributed by atoms with E-state index in [1.54, 1.807) is 12.1 Å². The Morgan fingerprint density at radius 1 is 1.18 bits per heavy atom. The summed E-state index contributed by atoms with van der Waals surface area (Å²) in [6, 6.07) is 10.2. The highest BCUT2D eigenvalue weighted by molar-refractivity contribution is 9.10. The van der Waals surface area contributed by atoms with Crippen molar-refractivity contribution in [2.45, 2.75) is 6.61 Å².